The van der Waals surface area contributed by atoms with Gasteiger partial charge < -0.3 is 5.11 Å². The minimum absolute atomic E-state index is 0.0114. The molecule has 1 heteroatoms. The molecule has 0 amide bonds. The van der Waals surface area contributed by atoms with Crippen LogP contribution in [-0.4, -0.2) is 11.2 Å². The first-order valence-electron chi connectivity index (χ1n) is 13.4. The predicted molar refractivity (Wildman–Crippen MR) is 124 cm³/mol. The summed E-state index contributed by atoms with van der Waals surface area (Å²) in [5, 5.41) is 10.3. The maximum atomic E-state index is 10.3. The van der Waals surface area contributed by atoms with Gasteiger partial charge in [-0.3, -0.25) is 0 Å². The van der Waals surface area contributed by atoms with Gasteiger partial charge in [0, 0.05) is 0 Å². The molecule has 0 aromatic heterocycles. The quantitative estimate of drug-likeness (QED) is 0.499. The van der Waals surface area contributed by atoms with Crippen molar-refractivity contribution in [2.45, 2.75) is 118 Å². The van der Waals surface area contributed by atoms with Crippen molar-refractivity contribution in [3.8, 4) is 0 Å². The van der Waals surface area contributed by atoms with E-state index in [0.717, 1.165) is 60.2 Å². The van der Waals surface area contributed by atoms with Gasteiger partial charge in [-0.15, -0.1) is 0 Å². The fourth-order valence-electron chi connectivity index (χ4n) is 9.76. The number of aliphatic hydroxyl groups is 1. The highest BCUT2D eigenvalue weighted by atomic mass is 16.3. The summed E-state index contributed by atoms with van der Waals surface area (Å²) in [6.07, 6.45) is 15.1. The molecule has 0 aromatic rings. The fourth-order valence-corrected chi connectivity index (χ4v) is 9.76. The van der Waals surface area contributed by atoms with Crippen molar-refractivity contribution in [3.63, 3.8) is 0 Å². The highest BCUT2D eigenvalue weighted by Crippen LogP contribution is 2.68. The smallest absolute Gasteiger partial charge is 0.0543 e. The van der Waals surface area contributed by atoms with E-state index >= 15 is 0 Å². The van der Waals surface area contributed by atoms with Crippen LogP contribution < -0.4 is 0 Å². The predicted octanol–water partition coefficient (Wildman–Crippen LogP) is 7.71. The van der Waals surface area contributed by atoms with Crippen molar-refractivity contribution in [1.82, 2.24) is 0 Å². The average molecular weight is 403 g/mol. The van der Waals surface area contributed by atoms with Crippen molar-refractivity contribution in [1.29, 1.82) is 0 Å². The van der Waals surface area contributed by atoms with Gasteiger partial charge in [0.15, 0.2) is 0 Å². The van der Waals surface area contributed by atoms with Crippen molar-refractivity contribution in [2.75, 3.05) is 0 Å². The molecule has 0 unspecified atom stereocenters. The van der Waals surface area contributed by atoms with E-state index in [1.807, 2.05) is 0 Å². The van der Waals surface area contributed by atoms with Crippen LogP contribution in [0.25, 0.3) is 0 Å². The Kier molecular flexibility index (Phi) is 6.22. The van der Waals surface area contributed by atoms with Crippen LogP contribution in [0.5, 0.6) is 0 Å². The molecule has 0 heterocycles. The second-order valence-corrected chi connectivity index (χ2v) is 12.9. The maximum Gasteiger partial charge on any atom is 0.0543 e. The van der Waals surface area contributed by atoms with Crippen LogP contribution in [0.4, 0.5) is 0 Å². The standard InChI is InChI=1S/C28H50O/c1-7-20(18(2)3)16-19(4)24-10-11-25-23-9-8-21-17-22(29)12-14-27(21,5)26(23)13-15-28(24,25)6/h18-26,29H,7-17H2,1-6H3/t19-,20-,21+,22+,23+,24-,25+,26+,27+,28-/m1/s1. The van der Waals surface area contributed by atoms with Gasteiger partial charge >= 0.3 is 0 Å². The molecule has 29 heavy (non-hydrogen) atoms. The summed E-state index contributed by atoms with van der Waals surface area (Å²) in [6.45, 7) is 15.2. The highest BCUT2D eigenvalue weighted by Gasteiger charge is 2.60. The van der Waals surface area contributed by atoms with Crippen molar-refractivity contribution < 1.29 is 5.11 Å². The van der Waals surface area contributed by atoms with Gasteiger partial charge in [-0.2, -0.15) is 0 Å². The molecule has 0 spiro atoms. The molecule has 4 saturated carbocycles. The van der Waals surface area contributed by atoms with Crippen molar-refractivity contribution in [2.24, 2.45) is 58.2 Å². The molecule has 4 aliphatic carbocycles. The number of hydrogen-bond acceptors (Lipinski definition) is 1. The molecule has 0 aromatic carbocycles. The Morgan fingerprint density at radius 1 is 0.862 bits per heavy atom. The first-order valence-corrected chi connectivity index (χ1v) is 13.4. The average Bonchev–Trinajstić information content (AvgIpc) is 3.03. The van der Waals surface area contributed by atoms with Crippen LogP contribution in [0.2, 0.25) is 0 Å². The van der Waals surface area contributed by atoms with Gasteiger partial charge in [0.25, 0.3) is 0 Å². The van der Waals surface area contributed by atoms with E-state index < -0.39 is 0 Å². The van der Waals surface area contributed by atoms with Crippen molar-refractivity contribution in [3.05, 3.63) is 0 Å². The summed E-state index contributed by atoms with van der Waals surface area (Å²) in [4.78, 5) is 0. The third-order valence-electron chi connectivity index (χ3n) is 11.5. The monoisotopic (exact) mass is 402 g/mol. The summed E-state index contributed by atoms with van der Waals surface area (Å²) >= 11 is 0. The fraction of sp³-hybridized carbons (Fsp3) is 1.00. The van der Waals surface area contributed by atoms with E-state index in [0.29, 0.717) is 10.8 Å². The number of fused-ring (bicyclic) bond motifs is 5. The minimum Gasteiger partial charge on any atom is -0.393 e. The molecule has 168 valence electrons. The Balaban J connectivity index is 1.50. The Hall–Kier alpha value is -0.0400. The lowest BCUT2D eigenvalue weighted by Crippen LogP contribution is -2.54. The minimum atomic E-state index is -0.0114. The van der Waals surface area contributed by atoms with E-state index in [-0.39, 0.29) is 6.10 Å². The van der Waals surface area contributed by atoms with Gasteiger partial charge in [-0.1, -0.05) is 48.0 Å². The Morgan fingerprint density at radius 3 is 2.24 bits per heavy atom. The van der Waals surface area contributed by atoms with Crippen LogP contribution >= 0.6 is 0 Å². The Morgan fingerprint density at radius 2 is 1.55 bits per heavy atom. The van der Waals surface area contributed by atoms with E-state index in [1.54, 1.807) is 0 Å². The largest absolute Gasteiger partial charge is 0.393 e. The maximum absolute atomic E-state index is 10.3. The lowest BCUT2D eigenvalue weighted by atomic mass is 9.44. The Labute approximate surface area is 181 Å². The van der Waals surface area contributed by atoms with Gasteiger partial charge in [-0.25, -0.2) is 0 Å². The third kappa shape index (κ3) is 3.64. The SMILES string of the molecule is CC[C@H](C[C@@H](C)[C@H]1CC[C@H]2[C@@H]3CC[C@H]4C[C@@H](O)CC[C@]4(C)[C@H]3CC[C@]12C)C(C)C. The highest BCUT2D eigenvalue weighted by molar-refractivity contribution is 5.09. The lowest BCUT2D eigenvalue weighted by molar-refractivity contribution is -0.129. The van der Waals surface area contributed by atoms with E-state index in [2.05, 4.69) is 41.5 Å². The molecular formula is C28H50O. The molecule has 1 N–H and O–H groups in total. The van der Waals surface area contributed by atoms with E-state index in [9.17, 15) is 5.11 Å². The van der Waals surface area contributed by atoms with Crippen molar-refractivity contribution >= 4 is 0 Å². The lowest BCUT2D eigenvalue weighted by Gasteiger charge is -2.61. The normalized spacial score (nSPS) is 49.2. The molecule has 0 aliphatic heterocycles. The second-order valence-electron chi connectivity index (χ2n) is 12.9. The summed E-state index contributed by atoms with van der Waals surface area (Å²) < 4.78 is 0. The first kappa shape index (κ1) is 22.2. The second kappa shape index (κ2) is 8.14. The van der Waals surface area contributed by atoms with Crippen LogP contribution in [0.3, 0.4) is 0 Å². The number of hydrogen-bond donors (Lipinski definition) is 1. The van der Waals surface area contributed by atoms with Gasteiger partial charge in [0.1, 0.15) is 0 Å². The van der Waals surface area contributed by atoms with Crippen LogP contribution in [-0.2, 0) is 0 Å². The third-order valence-corrected chi connectivity index (χ3v) is 11.5. The van der Waals surface area contributed by atoms with E-state index in [4.69, 9.17) is 0 Å². The molecule has 0 saturated heterocycles. The van der Waals surface area contributed by atoms with Gasteiger partial charge in [0.05, 0.1) is 6.10 Å². The summed E-state index contributed by atoms with van der Waals surface area (Å²) in [5.41, 5.74) is 1.13. The molecule has 10 atom stereocenters. The molecule has 1 nitrogen and oxygen atoms in total. The number of rotatable bonds is 5. The first-order chi connectivity index (χ1) is 13.7. The zero-order valence-corrected chi connectivity index (χ0v) is 20.4. The van der Waals surface area contributed by atoms with Crippen LogP contribution in [0.15, 0.2) is 0 Å². The van der Waals surface area contributed by atoms with E-state index in [1.165, 1.54) is 57.8 Å². The van der Waals surface area contributed by atoms with Crippen LogP contribution in [0.1, 0.15) is 112 Å². The summed E-state index contributed by atoms with van der Waals surface area (Å²) in [7, 11) is 0. The zero-order valence-electron chi connectivity index (χ0n) is 20.4. The molecule has 4 aliphatic rings. The zero-order chi connectivity index (χ0) is 21.0. The topological polar surface area (TPSA) is 20.2 Å². The summed E-state index contributed by atoms with van der Waals surface area (Å²) in [6, 6.07) is 0. The van der Waals surface area contributed by atoms with Gasteiger partial charge in [0.2, 0.25) is 0 Å². The molecule has 4 rings (SSSR count). The Bertz CT molecular complexity index is 569. The van der Waals surface area contributed by atoms with Crippen LogP contribution in [0, 0.1) is 58.2 Å². The summed E-state index contributed by atoms with van der Waals surface area (Å²) in [5.74, 6) is 7.30. The molecule has 0 radical (unpaired) electrons. The molecular weight excluding hydrogens is 352 g/mol. The number of aliphatic hydroxyl groups excluding tert-OH is 1. The molecule has 0 bridgehead atoms. The molecule has 4 fully saturated rings. The van der Waals surface area contributed by atoms with Gasteiger partial charge in [-0.05, 0) is 122 Å².